The van der Waals surface area contributed by atoms with E-state index in [-0.39, 0.29) is 23.6 Å². The molecule has 1 spiro atoms. The maximum atomic E-state index is 12.8. The van der Waals surface area contributed by atoms with Gasteiger partial charge in [-0.3, -0.25) is 9.69 Å². The lowest BCUT2D eigenvalue weighted by molar-refractivity contribution is -0.124. The first-order valence-electron chi connectivity index (χ1n) is 14.2. The van der Waals surface area contributed by atoms with Crippen molar-refractivity contribution in [2.45, 2.75) is 89.1 Å². The zero-order valence-electron chi connectivity index (χ0n) is 22.7. The molecule has 3 N–H and O–H groups in total. The van der Waals surface area contributed by atoms with Crippen LogP contribution in [0.3, 0.4) is 0 Å². The number of pyridine rings is 1. The molecule has 38 heavy (non-hydrogen) atoms. The van der Waals surface area contributed by atoms with Crippen molar-refractivity contribution in [3.63, 3.8) is 0 Å². The number of amides is 1. The predicted octanol–water partition coefficient (Wildman–Crippen LogP) is 2.46. The minimum atomic E-state index is -0.328. The van der Waals surface area contributed by atoms with Crippen LogP contribution < -0.4 is 20.4 Å². The molecule has 1 saturated carbocycles. The lowest BCUT2D eigenvalue weighted by Crippen LogP contribution is -2.67. The number of carbonyl (C=O) groups excluding carboxylic acids is 1. The van der Waals surface area contributed by atoms with E-state index in [2.05, 4.69) is 55.2 Å². The van der Waals surface area contributed by atoms with Crippen LogP contribution in [0.4, 0.5) is 23.3 Å². The van der Waals surface area contributed by atoms with Crippen LogP contribution >= 0.6 is 0 Å². The summed E-state index contributed by atoms with van der Waals surface area (Å²) in [5, 5.41) is 16.3. The number of fused-ring (bicyclic) bond motifs is 4. The molecule has 0 bridgehead atoms. The third kappa shape index (κ3) is 4.58. The normalized spacial score (nSPS) is 27.6. The number of aromatic nitrogens is 3. The summed E-state index contributed by atoms with van der Waals surface area (Å²) in [6.45, 7) is 9.46. The molecule has 3 fully saturated rings. The topological polar surface area (TPSA) is 110 Å². The van der Waals surface area contributed by atoms with Crippen molar-refractivity contribution >= 4 is 29.2 Å². The second-order valence-corrected chi connectivity index (χ2v) is 11.8. The number of aliphatic hydroxyl groups excluding tert-OH is 1. The minimum absolute atomic E-state index is 0.0406. The number of anilines is 4. The number of rotatable bonds is 5. The molecule has 2 aromatic rings. The van der Waals surface area contributed by atoms with Crippen molar-refractivity contribution in [1.29, 1.82) is 0 Å². The molecular weight excluding hydrogens is 480 g/mol. The van der Waals surface area contributed by atoms with Crippen molar-refractivity contribution in [2.75, 3.05) is 41.3 Å². The molecular formula is C28H40N8O2. The van der Waals surface area contributed by atoms with Crippen LogP contribution in [0.15, 0.2) is 24.5 Å². The molecule has 0 radical (unpaired) electrons. The fraction of sp³-hybridized carbons (Fsp3) is 0.643. The van der Waals surface area contributed by atoms with Gasteiger partial charge in [-0.15, -0.1) is 0 Å². The molecule has 6 rings (SSSR count). The van der Waals surface area contributed by atoms with E-state index < -0.39 is 0 Å². The molecule has 4 aliphatic rings. The van der Waals surface area contributed by atoms with E-state index in [0.717, 1.165) is 43.0 Å². The van der Waals surface area contributed by atoms with Gasteiger partial charge in [0.1, 0.15) is 17.7 Å². The van der Waals surface area contributed by atoms with E-state index in [4.69, 9.17) is 4.98 Å². The third-order valence-electron chi connectivity index (χ3n) is 8.91. The summed E-state index contributed by atoms with van der Waals surface area (Å²) in [6.07, 6.45) is 9.92. The fourth-order valence-corrected chi connectivity index (χ4v) is 7.10. The highest BCUT2D eigenvalue weighted by molar-refractivity contribution is 5.90. The Morgan fingerprint density at radius 1 is 1.13 bits per heavy atom. The first-order chi connectivity index (χ1) is 18.3. The molecule has 1 aliphatic carbocycles. The molecule has 0 aromatic carbocycles. The molecule has 5 heterocycles. The Bertz CT molecular complexity index is 1150. The summed E-state index contributed by atoms with van der Waals surface area (Å²) >= 11 is 0. The van der Waals surface area contributed by atoms with Gasteiger partial charge in [0.15, 0.2) is 0 Å². The SMILES string of the molecule is C[C@H](O)CN1[C@H](C)CN(c2ccc(Nc3ncc4c(n3)N3C(C4)C(=O)NCC34CCCCC4)nc2)C[C@@H]1C. The maximum absolute atomic E-state index is 12.8. The van der Waals surface area contributed by atoms with Crippen LogP contribution in [0.5, 0.6) is 0 Å². The highest BCUT2D eigenvalue weighted by Gasteiger charge is 2.51. The van der Waals surface area contributed by atoms with Crippen molar-refractivity contribution in [3.05, 3.63) is 30.1 Å². The summed E-state index contributed by atoms with van der Waals surface area (Å²) in [7, 11) is 0. The van der Waals surface area contributed by atoms with Gasteiger partial charge < -0.3 is 25.5 Å². The summed E-state index contributed by atoms with van der Waals surface area (Å²) in [6, 6.07) is 4.57. The van der Waals surface area contributed by atoms with E-state index >= 15 is 0 Å². The number of aliphatic hydroxyl groups is 1. The van der Waals surface area contributed by atoms with E-state index in [1.807, 2.05) is 25.4 Å². The summed E-state index contributed by atoms with van der Waals surface area (Å²) in [5.41, 5.74) is 2.09. The molecule has 2 saturated heterocycles. The molecule has 204 valence electrons. The predicted molar refractivity (Wildman–Crippen MR) is 148 cm³/mol. The zero-order valence-corrected chi connectivity index (χ0v) is 22.7. The molecule has 3 aliphatic heterocycles. The largest absolute Gasteiger partial charge is 0.392 e. The van der Waals surface area contributed by atoms with E-state index in [9.17, 15) is 9.90 Å². The van der Waals surface area contributed by atoms with Gasteiger partial charge >= 0.3 is 0 Å². The van der Waals surface area contributed by atoms with Gasteiger partial charge in [0.2, 0.25) is 11.9 Å². The monoisotopic (exact) mass is 520 g/mol. The van der Waals surface area contributed by atoms with E-state index in [1.54, 1.807) is 0 Å². The molecule has 2 aromatic heterocycles. The molecule has 1 amide bonds. The van der Waals surface area contributed by atoms with Crippen LogP contribution in [0, 0.1) is 0 Å². The van der Waals surface area contributed by atoms with Gasteiger partial charge in [-0.05, 0) is 45.7 Å². The Kier molecular flexibility index (Phi) is 6.63. The second kappa shape index (κ2) is 9.96. The Labute approximate surface area is 224 Å². The van der Waals surface area contributed by atoms with Gasteiger partial charge in [0.25, 0.3) is 0 Å². The Morgan fingerprint density at radius 2 is 1.89 bits per heavy atom. The lowest BCUT2D eigenvalue weighted by atomic mass is 9.78. The van der Waals surface area contributed by atoms with Crippen LogP contribution in [-0.2, 0) is 11.2 Å². The van der Waals surface area contributed by atoms with Crippen LogP contribution in [0.1, 0.15) is 58.4 Å². The molecule has 4 atom stereocenters. The number of hydrogen-bond acceptors (Lipinski definition) is 9. The highest BCUT2D eigenvalue weighted by Crippen LogP contribution is 2.44. The quantitative estimate of drug-likeness (QED) is 0.548. The van der Waals surface area contributed by atoms with Crippen molar-refractivity contribution in [2.24, 2.45) is 0 Å². The Balaban J connectivity index is 1.17. The number of nitrogens with one attached hydrogen (secondary N) is 2. The van der Waals surface area contributed by atoms with Crippen LogP contribution in [-0.4, -0.2) is 86.8 Å². The number of piperazine rings is 2. The summed E-state index contributed by atoms with van der Waals surface area (Å²) in [4.78, 5) is 34.0. The average Bonchev–Trinajstić information content (AvgIpc) is 3.30. The lowest BCUT2D eigenvalue weighted by Gasteiger charge is -2.51. The van der Waals surface area contributed by atoms with Gasteiger partial charge in [0, 0.05) is 56.4 Å². The number of nitrogens with zero attached hydrogens (tertiary/aromatic N) is 6. The van der Waals surface area contributed by atoms with Gasteiger partial charge in [-0.25, -0.2) is 9.97 Å². The molecule has 10 nitrogen and oxygen atoms in total. The Hall–Kier alpha value is -2.98. The average molecular weight is 521 g/mol. The third-order valence-corrected chi connectivity index (χ3v) is 8.91. The second-order valence-electron chi connectivity index (χ2n) is 11.8. The zero-order chi connectivity index (χ0) is 26.4. The maximum Gasteiger partial charge on any atom is 0.243 e. The molecule has 10 heteroatoms. The highest BCUT2D eigenvalue weighted by atomic mass is 16.3. The first-order valence-corrected chi connectivity index (χ1v) is 14.2. The van der Waals surface area contributed by atoms with Gasteiger partial charge in [-0.2, -0.15) is 4.98 Å². The first kappa shape index (κ1) is 25.3. The van der Waals surface area contributed by atoms with Crippen molar-refractivity contribution in [1.82, 2.24) is 25.2 Å². The summed E-state index contributed by atoms with van der Waals surface area (Å²) < 4.78 is 0. The van der Waals surface area contributed by atoms with Crippen molar-refractivity contribution < 1.29 is 9.90 Å². The van der Waals surface area contributed by atoms with Crippen molar-refractivity contribution in [3.8, 4) is 0 Å². The number of β-amino-alcohol motifs (C(OH)–C–C–N with tert-alkyl or cyclic N) is 1. The van der Waals surface area contributed by atoms with Gasteiger partial charge in [0.05, 0.1) is 23.5 Å². The van der Waals surface area contributed by atoms with Crippen LogP contribution in [0.2, 0.25) is 0 Å². The minimum Gasteiger partial charge on any atom is -0.392 e. The fourth-order valence-electron chi connectivity index (χ4n) is 7.10. The summed E-state index contributed by atoms with van der Waals surface area (Å²) in [5.74, 6) is 2.21. The number of hydrogen-bond donors (Lipinski definition) is 3. The smallest absolute Gasteiger partial charge is 0.243 e. The van der Waals surface area contributed by atoms with E-state index in [1.165, 1.54) is 19.3 Å². The van der Waals surface area contributed by atoms with E-state index in [0.29, 0.717) is 43.4 Å². The molecule has 1 unspecified atom stereocenters. The number of carbonyl (C=O) groups is 1. The van der Waals surface area contributed by atoms with Gasteiger partial charge in [-0.1, -0.05) is 19.3 Å². The Morgan fingerprint density at radius 3 is 2.58 bits per heavy atom. The standard InChI is InChI=1S/C28H40N8O2/c1-18-14-34(15-19(2)35(18)16-20(3)37)22-7-8-24(29-13-22)32-27-30-12-21-11-23-26(38)31-17-28(9-5-4-6-10-28)36(23)25(21)33-27/h7-8,12-13,18-20,23,37H,4-6,9-11,14-17H2,1-3H3,(H,31,38)(H,29,30,32,33)/t18-,19+,20-,23?/m0/s1. The van der Waals surface area contributed by atoms with Crippen LogP contribution in [0.25, 0.3) is 0 Å².